The molecule has 2 aliphatic rings. The average molecular weight is 339 g/mol. The van der Waals surface area contributed by atoms with Crippen molar-refractivity contribution in [3.8, 4) is 0 Å². The number of rotatable bonds is 8. The summed E-state index contributed by atoms with van der Waals surface area (Å²) in [6, 6.07) is -0.180. The molecule has 0 aromatic heterocycles. The van der Waals surface area contributed by atoms with Crippen LogP contribution in [0, 0.1) is 0 Å². The van der Waals surface area contributed by atoms with Crippen LogP contribution in [-0.4, -0.2) is 54.6 Å². The molecule has 0 radical (unpaired) electrons. The Hall–Kier alpha value is -1.14. The summed E-state index contributed by atoms with van der Waals surface area (Å²) in [7, 11) is 0. The average Bonchev–Trinajstić information content (AvgIpc) is 3.11. The highest BCUT2D eigenvalue weighted by molar-refractivity contribution is 5.88. The SMILES string of the molecule is CCC[C@H](C(=O)NC1CCCCC1)N(C[C@H]1CCCO1)C(=O)CN. The van der Waals surface area contributed by atoms with Crippen molar-refractivity contribution in [1.29, 1.82) is 0 Å². The van der Waals surface area contributed by atoms with E-state index in [4.69, 9.17) is 10.5 Å². The first-order valence-electron chi connectivity index (χ1n) is 9.57. The summed E-state index contributed by atoms with van der Waals surface area (Å²) in [5.41, 5.74) is 5.60. The number of nitrogens with one attached hydrogen (secondary N) is 1. The molecule has 2 fully saturated rings. The van der Waals surface area contributed by atoms with Gasteiger partial charge in [0, 0.05) is 19.2 Å². The maximum absolute atomic E-state index is 12.9. The second kappa shape index (κ2) is 9.99. The highest BCUT2D eigenvalue weighted by Crippen LogP contribution is 2.20. The lowest BCUT2D eigenvalue weighted by atomic mass is 9.95. The van der Waals surface area contributed by atoms with Gasteiger partial charge in [0.2, 0.25) is 11.8 Å². The maximum Gasteiger partial charge on any atom is 0.243 e. The predicted molar refractivity (Wildman–Crippen MR) is 93.5 cm³/mol. The number of nitrogens with zero attached hydrogens (tertiary/aromatic N) is 1. The van der Waals surface area contributed by atoms with Crippen LogP contribution in [0.15, 0.2) is 0 Å². The van der Waals surface area contributed by atoms with E-state index in [1.165, 1.54) is 19.3 Å². The van der Waals surface area contributed by atoms with Crippen molar-refractivity contribution in [3.63, 3.8) is 0 Å². The van der Waals surface area contributed by atoms with Crippen LogP contribution in [0.5, 0.6) is 0 Å². The molecule has 0 aromatic rings. The largest absolute Gasteiger partial charge is 0.376 e. The van der Waals surface area contributed by atoms with Crippen molar-refractivity contribution in [2.75, 3.05) is 19.7 Å². The Kier molecular flexibility index (Phi) is 7.99. The van der Waals surface area contributed by atoms with Gasteiger partial charge in [-0.15, -0.1) is 0 Å². The second-order valence-electron chi connectivity index (χ2n) is 7.03. The summed E-state index contributed by atoms with van der Waals surface area (Å²) < 4.78 is 5.67. The highest BCUT2D eigenvalue weighted by atomic mass is 16.5. The fourth-order valence-corrected chi connectivity index (χ4v) is 3.77. The molecule has 0 aromatic carbocycles. The van der Waals surface area contributed by atoms with Crippen LogP contribution in [0.1, 0.15) is 64.7 Å². The van der Waals surface area contributed by atoms with Gasteiger partial charge in [-0.05, 0) is 32.1 Å². The lowest BCUT2D eigenvalue weighted by Gasteiger charge is -2.34. The number of hydrogen-bond acceptors (Lipinski definition) is 4. The van der Waals surface area contributed by atoms with Crippen LogP contribution >= 0.6 is 0 Å². The molecule has 1 saturated carbocycles. The second-order valence-corrected chi connectivity index (χ2v) is 7.03. The Morgan fingerprint density at radius 3 is 2.54 bits per heavy atom. The summed E-state index contributed by atoms with van der Waals surface area (Å²) in [5.74, 6) is -0.189. The third-order valence-electron chi connectivity index (χ3n) is 5.11. The van der Waals surface area contributed by atoms with Crippen molar-refractivity contribution in [3.05, 3.63) is 0 Å². The van der Waals surface area contributed by atoms with Crippen LogP contribution in [0.4, 0.5) is 0 Å². The third-order valence-corrected chi connectivity index (χ3v) is 5.11. The standard InChI is InChI=1S/C18H33N3O3/c1-2-7-16(18(23)20-14-8-4-3-5-9-14)21(17(22)12-19)13-15-10-6-11-24-15/h14-16H,2-13,19H2,1H3,(H,20,23)/t15-,16-/m1/s1. The van der Waals surface area contributed by atoms with E-state index in [0.717, 1.165) is 38.7 Å². The van der Waals surface area contributed by atoms with E-state index in [9.17, 15) is 9.59 Å². The molecule has 138 valence electrons. The molecule has 1 aliphatic heterocycles. The Labute approximate surface area is 145 Å². The fraction of sp³-hybridized carbons (Fsp3) is 0.889. The zero-order valence-electron chi connectivity index (χ0n) is 15.0. The number of carbonyl (C=O) groups excluding carboxylic acids is 2. The smallest absolute Gasteiger partial charge is 0.243 e. The summed E-state index contributed by atoms with van der Waals surface area (Å²) >= 11 is 0. The van der Waals surface area contributed by atoms with E-state index in [1.807, 2.05) is 6.92 Å². The lowest BCUT2D eigenvalue weighted by Crippen LogP contribution is -2.55. The van der Waals surface area contributed by atoms with E-state index in [-0.39, 0.29) is 30.5 Å². The Balaban J connectivity index is 2.03. The van der Waals surface area contributed by atoms with Crippen LogP contribution in [0.3, 0.4) is 0 Å². The zero-order chi connectivity index (χ0) is 17.4. The van der Waals surface area contributed by atoms with E-state index >= 15 is 0 Å². The molecule has 1 aliphatic carbocycles. The number of nitrogens with two attached hydrogens (primary N) is 1. The summed E-state index contributed by atoms with van der Waals surface area (Å²) in [6.45, 7) is 3.18. The van der Waals surface area contributed by atoms with Gasteiger partial charge >= 0.3 is 0 Å². The van der Waals surface area contributed by atoms with Crippen molar-refractivity contribution >= 4 is 11.8 Å². The Morgan fingerprint density at radius 2 is 1.96 bits per heavy atom. The van der Waals surface area contributed by atoms with Gasteiger partial charge in [-0.25, -0.2) is 0 Å². The van der Waals surface area contributed by atoms with Crippen molar-refractivity contribution in [2.45, 2.75) is 82.9 Å². The number of hydrogen-bond donors (Lipinski definition) is 2. The van der Waals surface area contributed by atoms with Gasteiger partial charge in [0.15, 0.2) is 0 Å². The first kappa shape index (κ1) is 19.2. The van der Waals surface area contributed by atoms with Gasteiger partial charge in [-0.2, -0.15) is 0 Å². The van der Waals surface area contributed by atoms with Gasteiger partial charge in [-0.1, -0.05) is 32.6 Å². The maximum atomic E-state index is 12.9. The molecule has 0 spiro atoms. The van der Waals surface area contributed by atoms with E-state index < -0.39 is 6.04 Å². The molecule has 24 heavy (non-hydrogen) atoms. The fourth-order valence-electron chi connectivity index (χ4n) is 3.77. The van der Waals surface area contributed by atoms with Crippen molar-refractivity contribution < 1.29 is 14.3 Å². The van der Waals surface area contributed by atoms with Crippen LogP contribution in [0.2, 0.25) is 0 Å². The van der Waals surface area contributed by atoms with E-state index in [0.29, 0.717) is 13.0 Å². The van der Waals surface area contributed by atoms with Gasteiger partial charge in [0.1, 0.15) is 6.04 Å². The van der Waals surface area contributed by atoms with Gasteiger partial charge in [0.05, 0.1) is 12.6 Å². The van der Waals surface area contributed by atoms with Crippen molar-refractivity contribution in [1.82, 2.24) is 10.2 Å². The minimum atomic E-state index is -0.433. The molecular formula is C18H33N3O3. The normalized spacial score (nSPS) is 23.0. The van der Waals surface area contributed by atoms with Gasteiger partial charge in [-0.3, -0.25) is 9.59 Å². The predicted octanol–water partition coefficient (Wildman–Crippen LogP) is 1.57. The number of ether oxygens (including phenoxy) is 1. The van der Waals surface area contributed by atoms with Crippen LogP contribution in [0.25, 0.3) is 0 Å². The minimum absolute atomic E-state index is 0.0245. The molecule has 2 rings (SSSR count). The monoisotopic (exact) mass is 339 g/mol. The minimum Gasteiger partial charge on any atom is -0.376 e. The molecule has 6 nitrogen and oxygen atoms in total. The molecule has 6 heteroatoms. The Bertz CT molecular complexity index is 404. The van der Waals surface area contributed by atoms with E-state index in [1.54, 1.807) is 4.90 Å². The zero-order valence-corrected chi connectivity index (χ0v) is 15.0. The van der Waals surface area contributed by atoms with Crippen LogP contribution in [-0.2, 0) is 14.3 Å². The third kappa shape index (κ3) is 5.45. The van der Waals surface area contributed by atoms with Crippen molar-refractivity contribution in [2.24, 2.45) is 5.73 Å². The molecule has 1 heterocycles. The Morgan fingerprint density at radius 1 is 1.21 bits per heavy atom. The summed E-state index contributed by atoms with van der Waals surface area (Å²) in [6.07, 6.45) is 9.18. The van der Waals surface area contributed by atoms with Crippen LogP contribution < -0.4 is 11.1 Å². The number of amides is 2. The molecule has 2 amide bonds. The molecule has 1 saturated heterocycles. The topological polar surface area (TPSA) is 84.7 Å². The molecule has 2 atom stereocenters. The molecule has 3 N–H and O–H groups in total. The highest BCUT2D eigenvalue weighted by Gasteiger charge is 2.32. The number of carbonyl (C=O) groups is 2. The first-order chi connectivity index (χ1) is 11.7. The van der Waals surface area contributed by atoms with E-state index in [2.05, 4.69) is 5.32 Å². The lowest BCUT2D eigenvalue weighted by molar-refractivity contribution is -0.141. The summed E-state index contributed by atoms with van der Waals surface area (Å²) in [4.78, 5) is 26.9. The summed E-state index contributed by atoms with van der Waals surface area (Å²) in [5, 5.41) is 3.17. The van der Waals surface area contributed by atoms with Gasteiger partial charge in [0.25, 0.3) is 0 Å². The quantitative estimate of drug-likeness (QED) is 0.703. The molecule has 0 unspecified atom stereocenters. The molecular weight excluding hydrogens is 306 g/mol. The molecule has 0 bridgehead atoms. The first-order valence-corrected chi connectivity index (χ1v) is 9.57. The van der Waals surface area contributed by atoms with Gasteiger partial charge < -0.3 is 20.7 Å².